The topological polar surface area (TPSA) is 27.0 Å². The molecule has 1 rings (SSSR count). The maximum Gasteiger partial charge on any atom is 0.0992 e. The Balaban J connectivity index is 3.07. The SMILES string of the molecule is CC(C)N(C)c1ccc(C#N)cc1Br. The molecule has 0 unspecified atom stereocenters. The zero-order chi connectivity index (χ0) is 10.7. The molecule has 2 nitrogen and oxygen atoms in total. The number of anilines is 1. The summed E-state index contributed by atoms with van der Waals surface area (Å²) in [5.74, 6) is 0. The van der Waals surface area contributed by atoms with Crippen molar-refractivity contribution in [2.75, 3.05) is 11.9 Å². The highest BCUT2D eigenvalue weighted by Gasteiger charge is 2.08. The lowest BCUT2D eigenvalue weighted by Crippen LogP contribution is -2.25. The van der Waals surface area contributed by atoms with Gasteiger partial charge in [0, 0.05) is 17.6 Å². The first kappa shape index (κ1) is 11.1. The number of benzene rings is 1. The van der Waals surface area contributed by atoms with Crippen molar-refractivity contribution in [2.45, 2.75) is 19.9 Å². The highest BCUT2D eigenvalue weighted by molar-refractivity contribution is 9.10. The number of hydrogen-bond donors (Lipinski definition) is 0. The van der Waals surface area contributed by atoms with Crippen molar-refractivity contribution in [1.29, 1.82) is 5.26 Å². The minimum atomic E-state index is 0.444. The maximum absolute atomic E-state index is 8.72. The van der Waals surface area contributed by atoms with Gasteiger partial charge in [-0.05, 0) is 48.0 Å². The molecule has 0 spiro atoms. The van der Waals surface area contributed by atoms with Gasteiger partial charge in [-0.3, -0.25) is 0 Å². The highest BCUT2D eigenvalue weighted by atomic mass is 79.9. The van der Waals surface area contributed by atoms with Crippen molar-refractivity contribution in [1.82, 2.24) is 0 Å². The smallest absolute Gasteiger partial charge is 0.0992 e. The van der Waals surface area contributed by atoms with E-state index in [-0.39, 0.29) is 0 Å². The number of nitriles is 1. The Hall–Kier alpha value is -1.01. The van der Waals surface area contributed by atoms with Gasteiger partial charge in [0.05, 0.1) is 17.3 Å². The van der Waals surface area contributed by atoms with Gasteiger partial charge >= 0.3 is 0 Å². The molecule has 0 atom stereocenters. The van der Waals surface area contributed by atoms with Crippen LogP contribution >= 0.6 is 15.9 Å². The molecule has 1 aromatic carbocycles. The molecule has 0 amide bonds. The van der Waals surface area contributed by atoms with Crippen LogP contribution in [-0.4, -0.2) is 13.1 Å². The van der Waals surface area contributed by atoms with Crippen molar-refractivity contribution >= 4 is 21.6 Å². The molecule has 0 saturated heterocycles. The van der Waals surface area contributed by atoms with Crippen LogP contribution in [0.15, 0.2) is 22.7 Å². The number of nitrogens with zero attached hydrogens (tertiary/aromatic N) is 2. The third kappa shape index (κ3) is 2.27. The van der Waals surface area contributed by atoms with Crippen molar-refractivity contribution in [2.24, 2.45) is 0 Å². The summed E-state index contributed by atoms with van der Waals surface area (Å²) in [5.41, 5.74) is 1.79. The minimum absolute atomic E-state index is 0.444. The normalized spacial score (nSPS) is 10.0. The van der Waals surface area contributed by atoms with E-state index in [1.165, 1.54) is 0 Å². The molecular formula is C11H13BrN2. The minimum Gasteiger partial charge on any atom is -0.371 e. The summed E-state index contributed by atoms with van der Waals surface area (Å²) < 4.78 is 0.966. The zero-order valence-electron chi connectivity index (χ0n) is 8.58. The van der Waals surface area contributed by atoms with E-state index in [1.807, 2.05) is 25.2 Å². The van der Waals surface area contributed by atoms with Gasteiger partial charge in [-0.25, -0.2) is 0 Å². The molecule has 0 aliphatic rings. The van der Waals surface area contributed by atoms with Crippen molar-refractivity contribution in [3.05, 3.63) is 28.2 Å². The van der Waals surface area contributed by atoms with E-state index >= 15 is 0 Å². The summed E-state index contributed by atoms with van der Waals surface area (Å²) in [7, 11) is 2.04. The van der Waals surface area contributed by atoms with Gasteiger partial charge in [0.15, 0.2) is 0 Å². The molecule has 1 aromatic rings. The molecular weight excluding hydrogens is 240 g/mol. The maximum atomic E-state index is 8.72. The molecule has 0 aromatic heterocycles. The summed E-state index contributed by atoms with van der Waals surface area (Å²) in [5, 5.41) is 8.72. The van der Waals surface area contributed by atoms with Crippen molar-refractivity contribution in [3.63, 3.8) is 0 Å². The van der Waals surface area contributed by atoms with Gasteiger partial charge in [-0.2, -0.15) is 5.26 Å². The van der Waals surface area contributed by atoms with E-state index in [4.69, 9.17) is 5.26 Å². The van der Waals surface area contributed by atoms with Gasteiger partial charge in [0.2, 0.25) is 0 Å². The zero-order valence-corrected chi connectivity index (χ0v) is 10.2. The summed E-state index contributed by atoms with van der Waals surface area (Å²) in [4.78, 5) is 2.16. The Kier molecular flexibility index (Phi) is 3.54. The molecule has 74 valence electrons. The van der Waals surface area contributed by atoms with Crippen LogP contribution in [0.3, 0.4) is 0 Å². The summed E-state index contributed by atoms with van der Waals surface area (Å²) in [6.07, 6.45) is 0. The standard InChI is InChI=1S/C11H13BrN2/c1-8(2)14(3)11-5-4-9(7-13)6-10(11)12/h4-6,8H,1-3H3. The lowest BCUT2D eigenvalue weighted by molar-refractivity contribution is 0.753. The largest absolute Gasteiger partial charge is 0.371 e. The molecule has 0 aliphatic carbocycles. The van der Waals surface area contributed by atoms with Crippen LogP contribution in [0.4, 0.5) is 5.69 Å². The molecule has 0 aliphatic heterocycles. The molecule has 0 bridgehead atoms. The fourth-order valence-corrected chi connectivity index (χ4v) is 1.80. The second-order valence-corrected chi connectivity index (χ2v) is 4.34. The Morgan fingerprint density at radius 1 is 1.43 bits per heavy atom. The Morgan fingerprint density at radius 2 is 2.07 bits per heavy atom. The summed E-state index contributed by atoms with van der Waals surface area (Å²) in [6, 6.07) is 8.19. The Morgan fingerprint density at radius 3 is 2.50 bits per heavy atom. The van der Waals surface area contributed by atoms with Crippen LogP contribution < -0.4 is 4.90 Å². The van der Waals surface area contributed by atoms with Crippen molar-refractivity contribution in [3.8, 4) is 6.07 Å². The molecule has 3 heteroatoms. The van der Waals surface area contributed by atoms with E-state index < -0.39 is 0 Å². The van der Waals surface area contributed by atoms with Gasteiger partial charge in [0.25, 0.3) is 0 Å². The van der Waals surface area contributed by atoms with Crippen LogP contribution in [0.5, 0.6) is 0 Å². The van der Waals surface area contributed by atoms with Crippen LogP contribution in [0.25, 0.3) is 0 Å². The molecule has 14 heavy (non-hydrogen) atoms. The fraction of sp³-hybridized carbons (Fsp3) is 0.364. The van der Waals surface area contributed by atoms with Gasteiger partial charge in [0.1, 0.15) is 0 Å². The van der Waals surface area contributed by atoms with E-state index in [1.54, 1.807) is 0 Å². The second-order valence-electron chi connectivity index (χ2n) is 3.48. The van der Waals surface area contributed by atoms with Crippen LogP contribution in [0.1, 0.15) is 19.4 Å². The van der Waals surface area contributed by atoms with Gasteiger partial charge < -0.3 is 4.90 Å². The first-order valence-corrected chi connectivity index (χ1v) is 5.28. The van der Waals surface area contributed by atoms with Crippen molar-refractivity contribution < 1.29 is 0 Å². The second kappa shape index (κ2) is 4.47. The summed E-state index contributed by atoms with van der Waals surface area (Å²) >= 11 is 3.46. The average molecular weight is 253 g/mol. The molecule has 0 radical (unpaired) electrons. The third-order valence-corrected chi connectivity index (χ3v) is 2.87. The average Bonchev–Trinajstić information content (AvgIpc) is 2.16. The number of hydrogen-bond acceptors (Lipinski definition) is 2. The molecule has 0 heterocycles. The van der Waals surface area contributed by atoms with Gasteiger partial charge in [-0.1, -0.05) is 0 Å². The Bertz CT molecular complexity index is 366. The Labute approximate surface area is 93.3 Å². The lowest BCUT2D eigenvalue weighted by Gasteiger charge is -2.24. The third-order valence-electron chi connectivity index (χ3n) is 2.23. The lowest BCUT2D eigenvalue weighted by atomic mass is 10.2. The molecule has 0 fully saturated rings. The van der Waals surface area contributed by atoms with E-state index in [0.29, 0.717) is 11.6 Å². The van der Waals surface area contributed by atoms with Crippen LogP contribution in [-0.2, 0) is 0 Å². The van der Waals surface area contributed by atoms with Crippen LogP contribution in [0, 0.1) is 11.3 Å². The number of halogens is 1. The van der Waals surface area contributed by atoms with E-state index in [0.717, 1.165) is 10.2 Å². The van der Waals surface area contributed by atoms with E-state index in [2.05, 4.69) is 40.7 Å². The summed E-state index contributed by atoms with van der Waals surface area (Å²) in [6.45, 7) is 4.26. The molecule has 0 N–H and O–H groups in total. The van der Waals surface area contributed by atoms with E-state index in [9.17, 15) is 0 Å². The first-order chi connectivity index (χ1) is 6.56. The van der Waals surface area contributed by atoms with Gasteiger partial charge in [-0.15, -0.1) is 0 Å². The molecule has 0 saturated carbocycles. The predicted molar refractivity (Wildman–Crippen MR) is 62.4 cm³/mol. The van der Waals surface area contributed by atoms with Crippen LogP contribution in [0.2, 0.25) is 0 Å². The first-order valence-electron chi connectivity index (χ1n) is 4.48. The fourth-order valence-electron chi connectivity index (χ4n) is 1.14. The monoisotopic (exact) mass is 252 g/mol. The quantitative estimate of drug-likeness (QED) is 0.809. The highest BCUT2D eigenvalue weighted by Crippen LogP contribution is 2.27. The predicted octanol–water partition coefficient (Wildman–Crippen LogP) is 3.17. The number of rotatable bonds is 2.